The normalized spacial score (nSPS) is 12.9. The van der Waals surface area contributed by atoms with Crippen molar-refractivity contribution in [3.05, 3.63) is 59.0 Å². The summed E-state index contributed by atoms with van der Waals surface area (Å²) in [4.78, 5) is 22.4. The third kappa shape index (κ3) is 6.56. The van der Waals surface area contributed by atoms with Gasteiger partial charge in [0.1, 0.15) is 17.2 Å². The number of anilines is 1. The summed E-state index contributed by atoms with van der Waals surface area (Å²) in [6, 6.07) is 10.3. The van der Waals surface area contributed by atoms with E-state index in [2.05, 4.69) is 39.2 Å². The van der Waals surface area contributed by atoms with Crippen LogP contribution in [0.2, 0.25) is 5.02 Å². The Morgan fingerprint density at radius 3 is 2.69 bits per heavy atom. The van der Waals surface area contributed by atoms with E-state index in [1.54, 1.807) is 42.6 Å². The number of amides is 2. The highest BCUT2D eigenvalue weighted by atomic mass is 35.5. The number of ether oxygens (including phenoxy) is 2. The Hall–Kier alpha value is -3.54. The van der Waals surface area contributed by atoms with E-state index in [9.17, 15) is 4.79 Å². The van der Waals surface area contributed by atoms with Crippen LogP contribution in [0.25, 0.3) is 15.7 Å². The van der Waals surface area contributed by atoms with Gasteiger partial charge in [-0.25, -0.2) is 9.64 Å². The van der Waals surface area contributed by atoms with Crippen LogP contribution in [-0.4, -0.2) is 48.2 Å². The summed E-state index contributed by atoms with van der Waals surface area (Å²) in [7, 11) is 0. The Morgan fingerprint density at radius 2 is 2.00 bits per heavy atom. The molecule has 0 aliphatic heterocycles. The highest BCUT2D eigenvalue weighted by Gasteiger charge is 2.23. The number of aromatic nitrogens is 1. The number of nitrogens with zero attached hydrogens (tertiary/aromatic N) is 3. The summed E-state index contributed by atoms with van der Waals surface area (Å²) in [5.74, 6) is 1.56. The minimum absolute atomic E-state index is 0.255. The minimum Gasteiger partial charge on any atom is -0.504 e. The van der Waals surface area contributed by atoms with E-state index in [0.717, 1.165) is 38.9 Å². The molecule has 0 bridgehead atoms. The summed E-state index contributed by atoms with van der Waals surface area (Å²) in [6.07, 6.45) is 4.54. The van der Waals surface area contributed by atoms with Crippen LogP contribution in [0.15, 0.2) is 42.6 Å². The fourth-order valence-corrected chi connectivity index (χ4v) is 4.02. The standard InChI is InChI=1S/C27H30ClN5O3/c1-4-33(5-2)13-6-14-35-26-17-23-20(16-24(26)29-3)25(11-12-30-23)36-19-9-10-22(21(28)15-19)32-27(34)31-18-7-8-18/h9-12,15-18H,4-8,13-14H2,1-2H3,(H2,31,32,34). The fraction of sp³-hybridized carbons (Fsp3) is 0.370. The third-order valence-electron chi connectivity index (χ3n) is 6.00. The minimum atomic E-state index is -0.272. The predicted molar refractivity (Wildman–Crippen MR) is 143 cm³/mol. The van der Waals surface area contributed by atoms with Gasteiger partial charge in [-0.15, -0.1) is 0 Å². The first kappa shape index (κ1) is 25.5. The van der Waals surface area contributed by atoms with Gasteiger partial charge in [0.05, 0.1) is 29.4 Å². The van der Waals surface area contributed by atoms with Crippen molar-refractivity contribution in [3.8, 4) is 17.2 Å². The molecule has 1 saturated carbocycles. The molecule has 2 N–H and O–H groups in total. The molecule has 2 amide bonds. The van der Waals surface area contributed by atoms with Gasteiger partial charge in [-0.2, -0.15) is 0 Å². The number of pyridine rings is 1. The zero-order valence-corrected chi connectivity index (χ0v) is 21.3. The largest absolute Gasteiger partial charge is 0.504 e. The molecule has 3 aromatic rings. The van der Waals surface area contributed by atoms with Gasteiger partial charge in [0.25, 0.3) is 0 Å². The van der Waals surface area contributed by atoms with E-state index in [-0.39, 0.29) is 12.1 Å². The molecule has 1 aromatic heterocycles. The van der Waals surface area contributed by atoms with Crippen LogP contribution in [0.1, 0.15) is 33.1 Å². The van der Waals surface area contributed by atoms with Crippen LogP contribution in [0, 0.1) is 6.57 Å². The molecule has 0 radical (unpaired) electrons. The Bertz CT molecular complexity index is 1270. The molecule has 1 aliphatic rings. The second-order valence-electron chi connectivity index (χ2n) is 8.60. The number of hydrogen-bond donors (Lipinski definition) is 2. The van der Waals surface area contributed by atoms with E-state index in [1.807, 2.05) is 0 Å². The molecule has 0 atom stereocenters. The second kappa shape index (κ2) is 11.9. The van der Waals surface area contributed by atoms with Gasteiger partial charge in [0, 0.05) is 30.2 Å². The lowest BCUT2D eigenvalue weighted by atomic mass is 10.1. The molecule has 1 fully saturated rings. The van der Waals surface area contributed by atoms with Crippen LogP contribution < -0.4 is 20.1 Å². The van der Waals surface area contributed by atoms with E-state index < -0.39 is 0 Å². The van der Waals surface area contributed by atoms with Crippen molar-refractivity contribution >= 4 is 39.9 Å². The topological polar surface area (TPSA) is 80.1 Å². The van der Waals surface area contributed by atoms with E-state index in [1.165, 1.54) is 0 Å². The maximum absolute atomic E-state index is 12.0. The van der Waals surface area contributed by atoms with Crippen LogP contribution in [-0.2, 0) is 0 Å². The monoisotopic (exact) mass is 507 g/mol. The highest BCUT2D eigenvalue weighted by molar-refractivity contribution is 6.33. The molecule has 9 heteroatoms. The highest BCUT2D eigenvalue weighted by Crippen LogP contribution is 2.38. The van der Waals surface area contributed by atoms with Gasteiger partial charge in [-0.05, 0) is 62.7 Å². The average molecular weight is 508 g/mol. The molecule has 4 rings (SSSR count). The number of halogens is 1. The molecule has 36 heavy (non-hydrogen) atoms. The number of fused-ring (bicyclic) bond motifs is 1. The summed E-state index contributed by atoms with van der Waals surface area (Å²) in [6.45, 7) is 15.4. The number of carbonyl (C=O) groups excluding carboxylic acids is 1. The number of rotatable bonds is 11. The molecule has 0 saturated heterocycles. The van der Waals surface area contributed by atoms with Crippen molar-refractivity contribution in [1.29, 1.82) is 0 Å². The van der Waals surface area contributed by atoms with Crippen molar-refractivity contribution < 1.29 is 14.3 Å². The molecule has 2 aromatic carbocycles. The van der Waals surface area contributed by atoms with Crippen molar-refractivity contribution in [3.63, 3.8) is 0 Å². The maximum Gasteiger partial charge on any atom is 0.319 e. The molecule has 0 unspecified atom stereocenters. The van der Waals surface area contributed by atoms with E-state index in [0.29, 0.717) is 51.2 Å². The van der Waals surface area contributed by atoms with Crippen LogP contribution in [0.5, 0.6) is 17.2 Å². The number of carbonyl (C=O) groups is 1. The van der Waals surface area contributed by atoms with E-state index in [4.69, 9.17) is 27.6 Å². The predicted octanol–water partition coefficient (Wildman–Crippen LogP) is 6.63. The molecule has 1 aliphatic carbocycles. The lowest BCUT2D eigenvalue weighted by Gasteiger charge is -2.18. The van der Waals surface area contributed by atoms with Crippen LogP contribution in [0.3, 0.4) is 0 Å². The van der Waals surface area contributed by atoms with Gasteiger partial charge >= 0.3 is 6.03 Å². The summed E-state index contributed by atoms with van der Waals surface area (Å²) in [5.41, 5.74) is 1.57. The number of benzene rings is 2. The molecule has 0 spiro atoms. The molecule has 188 valence electrons. The number of hydrogen-bond acceptors (Lipinski definition) is 5. The van der Waals surface area contributed by atoms with Gasteiger partial charge in [-0.1, -0.05) is 25.4 Å². The number of nitrogens with one attached hydrogen (secondary N) is 2. The summed E-state index contributed by atoms with van der Waals surface area (Å²) >= 11 is 6.38. The lowest BCUT2D eigenvalue weighted by molar-refractivity contribution is 0.250. The second-order valence-corrected chi connectivity index (χ2v) is 9.01. The van der Waals surface area contributed by atoms with Crippen molar-refractivity contribution in [2.75, 3.05) is 31.6 Å². The Morgan fingerprint density at radius 1 is 1.19 bits per heavy atom. The van der Waals surface area contributed by atoms with E-state index >= 15 is 0 Å². The Balaban J connectivity index is 1.47. The van der Waals surface area contributed by atoms with Crippen molar-refractivity contribution in [1.82, 2.24) is 15.2 Å². The molecule has 1 heterocycles. The van der Waals surface area contributed by atoms with Crippen LogP contribution in [0.4, 0.5) is 16.2 Å². The maximum atomic E-state index is 12.0. The molecular formula is C27H30ClN5O3. The SMILES string of the molecule is [C-]#[N+]c1cc2c(Oc3ccc(NC(=O)NC4CC4)c(Cl)c3)ccnc2cc1OCCCN(CC)CC. The number of urea groups is 1. The average Bonchev–Trinajstić information content (AvgIpc) is 3.69. The quantitative estimate of drug-likeness (QED) is 0.225. The Labute approximate surface area is 216 Å². The first-order valence-electron chi connectivity index (χ1n) is 12.2. The van der Waals surface area contributed by atoms with Crippen LogP contribution >= 0.6 is 11.6 Å². The third-order valence-corrected chi connectivity index (χ3v) is 6.32. The smallest absolute Gasteiger partial charge is 0.319 e. The fourth-order valence-electron chi connectivity index (χ4n) is 3.80. The first-order chi connectivity index (χ1) is 17.5. The summed E-state index contributed by atoms with van der Waals surface area (Å²) in [5, 5.41) is 6.68. The first-order valence-corrected chi connectivity index (χ1v) is 12.6. The van der Waals surface area contributed by atoms with Crippen molar-refractivity contribution in [2.24, 2.45) is 0 Å². The zero-order chi connectivity index (χ0) is 25.5. The molecule has 8 nitrogen and oxygen atoms in total. The van der Waals surface area contributed by atoms with Gasteiger partial charge < -0.3 is 25.0 Å². The lowest BCUT2D eigenvalue weighted by Crippen LogP contribution is -2.30. The van der Waals surface area contributed by atoms with Gasteiger partial charge in [0.15, 0.2) is 0 Å². The van der Waals surface area contributed by atoms with Gasteiger partial charge in [0.2, 0.25) is 5.69 Å². The Kier molecular flexibility index (Phi) is 8.47. The zero-order valence-electron chi connectivity index (χ0n) is 20.5. The van der Waals surface area contributed by atoms with Crippen molar-refractivity contribution in [2.45, 2.75) is 39.2 Å². The van der Waals surface area contributed by atoms with Gasteiger partial charge in [-0.3, -0.25) is 4.98 Å². The molecular weight excluding hydrogens is 478 g/mol. The summed E-state index contributed by atoms with van der Waals surface area (Å²) < 4.78 is 12.0.